The number of aliphatic hydroxyl groups is 3. The van der Waals surface area contributed by atoms with E-state index in [4.69, 9.17) is 9.84 Å². The highest BCUT2D eigenvalue weighted by atomic mass is 16.5. The molecule has 3 N–H and O–H groups in total. The van der Waals surface area contributed by atoms with Crippen LogP contribution in [0, 0.1) is 0 Å². The van der Waals surface area contributed by atoms with Crippen LogP contribution in [0.2, 0.25) is 0 Å². The molecular formula is C22H36O5. The van der Waals surface area contributed by atoms with Crippen LogP contribution in [0.5, 0.6) is 0 Å². The topological polar surface area (TPSA) is 87.0 Å². The molecule has 0 aromatic rings. The largest absolute Gasteiger partial charge is 0.461 e. The zero-order valence-electron chi connectivity index (χ0n) is 17.2. The fraction of sp³-hybridized carbons (Fsp3) is 0.591. The van der Waals surface area contributed by atoms with Crippen molar-refractivity contribution in [3.63, 3.8) is 0 Å². The molecule has 0 radical (unpaired) electrons. The summed E-state index contributed by atoms with van der Waals surface area (Å²) in [5, 5.41) is 28.7. The van der Waals surface area contributed by atoms with Crippen molar-refractivity contribution in [2.24, 2.45) is 0 Å². The average Bonchev–Trinajstić information content (AvgIpc) is 2.60. The van der Waals surface area contributed by atoms with Gasteiger partial charge < -0.3 is 20.1 Å². The number of allylic oxidation sites excluding steroid dienone is 4. The third-order valence-electron chi connectivity index (χ3n) is 4.11. The highest BCUT2D eigenvalue weighted by Crippen LogP contribution is 2.15. The Morgan fingerprint density at radius 2 is 1.63 bits per heavy atom. The molecule has 0 bridgehead atoms. The van der Waals surface area contributed by atoms with Gasteiger partial charge in [0.25, 0.3) is 0 Å². The van der Waals surface area contributed by atoms with Crippen molar-refractivity contribution in [1.82, 2.24) is 0 Å². The van der Waals surface area contributed by atoms with Crippen LogP contribution in [0.25, 0.3) is 0 Å². The van der Waals surface area contributed by atoms with Gasteiger partial charge in [0, 0.05) is 6.92 Å². The van der Waals surface area contributed by atoms with Gasteiger partial charge >= 0.3 is 5.97 Å². The van der Waals surface area contributed by atoms with Gasteiger partial charge in [0.1, 0.15) is 6.61 Å². The predicted octanol–water partition coefficient (Wildman–Crippen LogP) is 3.61. The Morgan fingerprint density at radius 3 is 2.19 bits per heavy atom. The summed E-state index contributed by atoms with van der Waals surface area (Å²) in [6.07, 6.45) is 10.4. The molecule has 0 unspecified atom stereocenters. The van der Waals surface area contributed by atoms with Crippen molar-refractivity contribution in [1.29, 1.82) is 0 Å². The Labute approximate surface area is 163 Å². The molecule has 0 saturated heterocycles. The summed E-state index contributed by atoms with van der Waals surface area (Å²) < 4.78 is 5.05. The molecule has 27 heavy (non-hydrogen) atoms. The number of hydrogen-bond donors (Lipinski definition) is 3. The van der Waals surface area contributed by atoms with Gasteiger partial charge in [0.2, 0.25) is 0 Å². The monoisotopic (exact) mass is 380 g/mol. The molecule has 0 aliphatic rings. The lowest BCUT2D eigenvalue weighted by Gasteiger charge is -2.14. The molecule has 0 aliphatic carbocycles. The Morgan fingerprint density at radius 1 is 0.963 bits per heavy atom. The average molecular weight is 381 g/mol. The summed E-state index contributed by atoms with van der Waals surface area (Å²) in [5.74, 6) is -0.377. The fourth-order valence-electron chi connectivity index (χ4n) is 2.43. The third kappa shape index (κ3) is 14.1. The Kier molecular flexibility index (Phi) is 14.4. The fourth-order valence-corrected chi connectivity index (χ4v) is 2.43. The van der Waals surface area contributed by atoms with Gasteiger partial charge in [0.15, 0.2) is 0 Å². The molecule has 0 aliphatic heterocycles. The quantitative estimate of drug-likeness (QED) is 0.336. The standard InChI is InChI=1S/C22H36O5/c1-17(2)11-12-22(26)21(16-27-19(4)25)10-6-9-20(15-24)8-5-7-18(3)13-14-23/h8,10-11,13,22-24,26H,5-7,9,12,14-16H2,1-4H3/b18-13-,20-8-,21-10+/t22-/m1/s1. The molecule has 5 nitrogen and oxygen atoms in total. The number of esters is 1. The van der Waals surface area contributed by atoms with Crippen LogP contribution < -0.4 is 0 Å². The molecule has 0 aromatic heterocycles. The highest BCUT2D eigenvalue weighted by Gasteiger charge is 2.11. The lowest BCUT2D eigenvalue weighted by Crippen LogP contribution is -2.16. The number of ether oxygens (including phenoxy) is 1. The van der Waals surface area contributed by atoms with E-state index in [0.29, 0.717) is 24.8 Å². The first kappa shape index (κ1) is 25.3. The second-order valence-electron chi connectivity index (χ2n) is 6.92. The predicted molar refractivity (Wildman–Crippen MR) is 109 cm³/mol. The zero-order chi connectivity index (χ0) is 20.7. The summed E-state index contributed by atoms with van der Waals surface area (Å²) >= 11 is 0. The van der Waals surface area contributed by atoms with E-state index in [-0.39, 0.29) is 25.8 Å². The summed E-state index contributed by atoms with van der Waals surface area (Å²) in [6, 6.07) is 0. The zero-order valence-corrected chi connectivity index (χ0v) is 17.2. The molecule has 1 atom stereocenters. The molecule has 0 fully saturated rings. The van der Waals surface area contributed by atoms with Gasteiger partial charge in [-0.2, -0.15) is 0 Å². The molecule has 0 saturated carbocycles. The Bertz CT molecular complexity index is 551. The first-order valence-electron chi connectivity index (χ1n) is 9.49. The van der Waals surface area contributed by atoms with Gasteiger partial charge in [-0.1, -0.05) is 35.5 Å². The smallest absolute Gasteiger partial charge is 0.302 e. The second-order valence-corrected chi connectivity index (χ2v) is 6.92. The van der Waals surface area contributed by atoms with E-state index in [1.54, 1.807) is 6.08 Å². The van der Waals surface area contributed by atoms with E-state index in [2.05, 4.69) is 0 Å². The van der Waals surface area contributed by atoms with Crippen molar-refractivity contribution < 1.29 is 24.9 Å². The maximum Gasteiger partial charge on any atom is 0.302 e. The molecule has 0 amide bonds. The first-order chi connectivity index (χ1) is 12.8. The molecule has 0 heterocycles. The van der Waals surface area contributed by atoms with Crippen LogP contribution in [0.4, 0.5) is 0 Å². The van der Waals surface area contributed by atoms with Gasteiger partial charge in [-0.3, -0.25) is 4.79 Å². The number of hydrogen-bond acceptors (Lipinski definition) is 5. The van der Waals surface area contributed by atoms with Crippen LogP contribution in [0.1, 0.15) is 59.8 Å². The van der Waals surface area contributed by atoms with Crippen LogP contribution in [0.3, 0.4) is 0 Å². The maximum atomic E-state index is 11.1. The number of carbonyl (C=O) groups excluding carboxylic acids is 1. The van der Waals surface area contributed by atoms with Gasteiger partial charge in [-0.05, 0) is 64.0 Å². The lowest BCUT2D eigenvalue weighted by molar-refractivity contribution is -0.140. The van der Waals surface area contributed by atoms with Crippen molar-refractivity contribution in [3.8, 4) is 0 Å². The van der Waals surface area contributed by atoms with Crippen molar-refractivity contribution in [3.05, 3.63) is 46.6 Å². The summed E-state index contributed by atoms with van der Waals surface area (Å²) in [7, 11) is 0. The summed E-state index contributed by atoms with van der Waals surface area (Å²) in [5.41, 5.74) is 3.87. The molecule has 0 aromatic carbocycles. The molecule has 0 spiro atoms. The van der Waals surface area contributed by atoms with Crippen molar-refractivity contribution in [2.45, 2.75) is 65.9 Å². The van der Waals surface area contributed by atoms with Crippen molar-refractivity contribution in [2.75, 3.05) is 19.8 Å². The van der Waals surface area contributed by atoms with E-state index in [9.17, 15) is 15.0 Å². The van der Waals surface area contributed by atoms with Crippen molar-refractivity contribution >= 4 is 5.97 Å². The van der Waals surface area contributed by atoms with Crippen LogP contribution >= 0.6 is 0 Å². The molecule has 5 heteroatoms. The van der Waals surface area contributed by atoms with E-state index in [1.807, 2.05) is 39.0 Å². The van der Waals surface area contributed by atoms with Crippen LogP contribution in [0.15, 0.2) is 46.6 Å². The van der Waals surface area contributed by atoms with Gasteiger partial charge in [-0.15, -0.1) is 0 Å². The number of aliphatic hydroxyl groups excluding tert-OH is 3. The van der Waals surface area contributed by atoms with Gasteiger partial charge in [0.05, 0.1) is 19.3 Å². The molecule has 154 valence electrons. The van der Waals surface area contributed by atoms with E-state index in [0.717, 1.165) is 29.6 Å². The highest BCUT2D eigenvalue weighted by molar-refractivity contribution is 5.66. The van der Waals surface area contributed by atoms with Crippen LogP contribution in [-0.2, 0) is 9.53 Å². The third-order valence-corrected chi connectivity index (χ3v) is 4.11. The van der Waals surface area contributed by atoms with E-state index in [1.165, 1.54) is 6.92 Å². The first-order valence-corrected chi connectivity index (χ1v) is 9.49. The minimum absolute atomic E-state index is 0.00377. The minimum Gasteiger partial charge on any atom is -0.461 e. The minimum atomic E-state index is -0.688. The van der Waals surface area contributed by atoms with Gasteiger partial charge in [-0.25, -0.2) is 0 Å². The SMILES string of the molecule is CC(=O)OC/C(=C\CC/C(=C/CC/C(C)=C\CO)CO)[C@H](O)CC=C(C)C. The van der Waals surface area contributed by atoms with Crippen LogP contribution in [-0.4, -0.2) is 47.2 Å². The number of carbonyl (C=O) groups is 1. The maximum absolute atomic E-state index is 11.1. The summed E-state index contributed by atoms with van der Waals surface area (Å²) in [6.45, 7) is 7.39. The second kappa shape index (κ2) is 15.4. The molecule has 0 rings (SSSR count). The Hall–Kier alpha value is -1.69. The summed E-state index contributed by atoms with van der Waals surface area (Å²) in [4.78, 5) is 11.1. The normalized spacial score (nSPS) is 14.1. The number of rotatable bonds is 13. The lowest BCUT2D eigenvalue weighted by atomic mass is 10.0. The van der Waals surface area contributed by atoms with E-state index < -0.39 is 6.10 Å². The Balaban J connectivity index is 4.80. The molecular weight excluding hydrogens is 344 g/mol. The van der Waals surface area contributed by atoms with E-state index >= 15 is 0 Å².